The molecule has 1 amide bonds. The molecule has 0 saturated carbocycles. The first-order valence-corrected chi connectivity index (χ1v) is 8.12. The van der Waals surface area contributed by atoms with E-state index in [2.05, 4.69) is 5.32 Å². The number of halogens is 2. The van der Waals surface area contributed by atoms with E-state index in [0.29, 0.717) is 10.6 Å². The number of thioether (sulfide) groups is 1. The number of esters is 1. The molecule has 24 heavy (non-hydrogen) atoms. The van der Waals surface area contributed by atoms with Gasteiger partial charge in [0.05, 0.1) is 5.56 Å². The molecule has 2 rings (SSSR count). The van der Waals surface area contributed by atoms with E-state index >= 15 is 0 Å². The summed E-state index contributed by atoms with van der Waals surface area (Å²) < 4.78 is 31.7. The molecule has 1 N–H and O–H groups in total. The van der Waals surface area contributed by atoms with Gasteiger partial charge < -0.3 is 10.1 Å². The molecule has 0 saturated heterocycles. The smallest absolute Gasteiger partial charge is 0.325 e. The zero-order chi connectivity index (χ0) is 17.4. The van der Waals surface area contributed by atoms with Gasteiger partial charge >= 0.3 is 5.97 Å². The molecule has 126 valence electrons. The number of ether oxygens (including phenoxy) is 1. The van der Waals surface area contributed by atoms with E-state index in [0.717, 1.165) is 6.07 Å². The van der Waals surface area contributed by atoms with Crippen LogP contribution in [0.25, 0.3) is 0 Å². The van der Waals surface area contributed by atoms with Crippen molar-refractivity contribution in [2.75, 3.05) is 18.9 Å². The van der Waals surface area contributed by atoms with Crippen molar-refractivity contribution < 1.29 is 23.1 Å². The van der Waals surface area contributed by atoms with Gasteiger partial charge in [0.1, 0.15) is 24.8 Å². The van der Waals surface area contributed by atoms with E-state index in [1.54, 1.807) is 18.2 Å². The van der Waals surface area contributed by atoms with E-state index < -0.39 is 17.7 Å². The predicted octanol–water partition coefficient (Wildman–Crippen LogP) is 3.03. The SMILES string of the molecule is O=C(CNC(=O)c1ccccc1F)OCCSc1ccccc1F. The summed E-state index contributed by atoms with van der Waals surface area (Å²) in [6, 6.07) is 11.8. The van der Waals surface area contributed by atoms with Crippen LogP contribution in [0.1, 0.15) is 10.4 Å². The van der Waals surface area contributed by atoms with E-state index in [1.165, 1.54) is 36.0 Å². The lowest BCUT2D eigenvalue weighted by Crippen LogP contribution is -2.31. The van der Waals surface area contributed by atoms with Gasteiger partial charge in [-0.1, -0.05) is 24.3 Å². The second kappa shape index (κ2) is 9.02. The molecule has 0 unspecified atom stereocenters. The van der Waals surface area contributed by atoms with Crippen LogP contribution in [-0.4, -0.2) is 30.8 Å². The van der Waals surface area contributed by atoms with E-state index in [9.17, 15) is 18.4 Å². The molecule has 0 aliphatic carbocycles. The summed E-state index contributed by atoms with van der Waals surface area (Å²) in [6.07, 6.45) is 0. The fraction of sp³-hybridized carbons (Fsp3) is 0.176. The molecule has 0 aromatic heterocycles. The standard InChI is InChI=1S/C17H15F2NO3S/c18-13-6-2-1-5-12(13)17(22)20-11-16(21)23-9-10-24-15-8-4-3-7-14(15)19/h1-8H,9-11H2,(H,20,22). The Labute approximate surface area is 142 Å². The lowest BCUT2D eigenvalue weighted by molar-refractivity contribution is -0.141. The van der Waals surface area contributed by atoms with Crippen LogP contribution in [0, 0.1) is 11.6 Å². The molecule has 0 spiro atoms. The van der Waals surface area contributed by atoms with Crippen LogP contribution in [0.2, 0.25) is 0 Å². The van der Waals surface area contributed by atoms with Gasteiger partial charge in [-0.15, -0.1) is 11.8 Å². The van der Waals surface area contributed by atoms with Crippen molar-refractivity contribution in [2.45, 2.75) is 4.90 Å². The fourth-order valence-electron chi connectivity index (χ4n) is 1.81. The number of rotatable bonds is 7. The predicted molar refractivity (Wildman–Crippen MR) is 86.8 cm³/mol. The first-order chi connectivity index (χ1) is 11.6. The molecule has 0 atom stereocenters. The minimum Gasteiger partial charge on any atom is -0.463 e. The fourth-order valence-corrected chi connectivity index (χ4v) is 2.58. The monoisotopic (exact) mass is 351 g/mol. The number of hydrogen-bond donors (Lipinski definition) is 1. The third-order valence-electron chi connectivity index (χ3n) is 2.95. The van der Waals surface area contributed by atoms with E-state index in [-0.39, 0.29) is 24.5 Å². The van der Waals surface area contributed by atoms with Crippen molar-refractivity contribution in [1.82, 2.24) is 5.32 Å². The van der Waals surface area contributed by atoms with Crippen LogP contribution < -0.4 is 5.32 Å². The first kappa shape index (κ1) is 17.9. The first-order valence-electron chi connectivity index (χ1n) is 7.13. The summed E-state index contributed by atoms with van der Waals surface area (Å²) in [4.78, 5) is 23.7. The van der Waals surface area contributed by atoms with Crippen LogP contribution in [0.3, 0.4) is 0 Å². The number of carbonyl (C=O) groups excluding carboxylic acids is 2. The average molecular weight is 351 g/mol. The Hall–Kier alpha value is -2.41. The highest BCUT2D eigenvalue weighted by atomic mass is 32.2. The summed E-state index contributed by atoms with van der Waals surface area (Å²) in [5.74, 6) is -1.94. The Morgan fingerprint density at radius 3 is 2.38 bits per heavy atom. The van der Waals surface area contributed by atoms with Gasteiger partial charge in [0, 0.05) is 10.6 Å². The van der Waals surface area contributed by atoms with Gasteiger partial charge in [0.25, 0.3) is 5.91 Å². The lowest BCUT2D eigenvalue weighted by Gasteiger charge is -2.07. The van der Waals surface area contributed by atoms with Crippen LogP contribution in [0.5, 0.6) is 0 Å². The molecule has 0 aliphatic heterocycles. The Balaban J connectivity index is 1.68. The van der Waals surface area contributed by atoms with Crippen molar-refractivity contribution in [1.29, 1.82) is 0 Å². The molecule has 0 heterocycles. The molecule has 0 radical (unpaired) electrons. The second-order valence-corrected chi connectivity index (χ2v) is 5.80. The number of nitrogens with one attached hydrogen (secondary N) is 1. The van der Waals surface area contributed by atoms with Gasteiger partial charge in [-0.25, -0.2) is 8.78 Å². The van der Waals surface area contributed by atoms with Crippen molar-refractivity contribution in [3.63, 3.8) is 0 Å². The highest BCUT2D eigenvalue weighted by Crippen LogP contribution is 2.20. The minimum absolute atomic E-state index is 0.0768. The maximum Gasteiger partial charge on any atom is 0.325 e. The quantitative estimate of drug-likeness (QED) is 0.473. The van der Waals surface area contributed by atoms with Crippen LogP contribution in [0.4, 0.5) is 8.78 Å². The van der Waals surface area contributed by atoms with Gasteiger partial charge in [-0.3, -0.25) is 9.59 Å². The summed E-state index contributed by atoms with van der Waals surface area (Å²) in [7, 11) is 0. The number of carbonyl (C=O) groups is 2. The van der Waals surface area contributed by atoms with Gasteiger partial charge in [-0.2, -0.15) is 0 Å². The number of hydrogen-bond acceptors (Lipinski definition) is 4. The Bertz CT molecular complexity index is 724. The third-order valence-corrected chi connectivity index (χ3v) is 3.97. The summed E-state index contributed by atoms with van der Waals surface area (Å²) in [5.41, 5.74) is -0.139. The molecule has 0 bridgehead atoms. The Morgan fingerprint density at radius 2 is 1.67 bits per heavy atom. The van der Waals surface area contributed by atoms with Gasteiger partial charge in [0.15, 0.2) is 0 Å². The largest absolute Gasteiger partial charge is 0.463 e. The highest BCUT2D eigenvalue weighted by molar-refractivity contribution is 7.99. The lowest BCUT2D eigenvalue weighted by atomic mass is 10.2. The summed E-state index contributed by atoms with van der Waals surface area (Å²) >= 11 is 1.22. The normalized spacial score (nSPS) is 10.2. The van der Waals surface area contributed by atoms with Crippen molar-refractivity contribution in [3.05, 3.63) is 65.7 Å². The molecule has 2 aromatic carbocycles. The van der Waals surface area contributed by atoms with Crippen LogP contribution in [-0.2, 0) is 9.53 Å². The zero-order valence-electron chi connectivity index (χ0n) is 12.6. The molecule has 4 nitrogen and oxygen atoms in total. The zero-order valence-corrected chi connectivity index (χ0v) is 13.4. The van der Waals surface area contributed by atoms with Crippen molar-refractivity contribution >= 4 is 23.6 Å². The number of benzene rings is 2. The second-order valence-electron chi connectivity index (χ2n) is 4.66. The maximum atomic E-state index is 13.4. The maximum absolute atomic E-state index is 13.4. The Kier molecular flexibility index (Phi) is 6.74. The highest BCUT2D eigenvalue weighted by Gasteiger charge is 2.12. The van der Waals surface area contributed by atoms with Gasteiger partial charge in [0.2, 0.25) is 0 Å². The van der Waals surface area contributed by atoms with E-state index in [4.69, 9.17) is 4.74 Å². The van der Waals surface area contributed by atoms with Crippen molar-refractivity contribution in [3.8, 4) is 0 Å². The van der Waals surface area contributed by atoms with Crippen molar-refractivity contribution in [2.24, 2.45) is 0 Å². The topological polar surface area (TPSA) is 55.4 Å². The molecule has 7 heteroatoms. The Morgan fingerprint density at radius 1 is 1.00 bits per heavy atom. The molecular weight excluding hydrogens is 336 g/mol. The molecule has 0 fully saturated rings. The molecule has 2 aromatic rings. The summed E-state index contributed by atoms with van der Waals surface area (Å²) in [5, 5.41) is 2.29. The third kappa shape index (κ3) is 5.34. The molecular formula is C17H15F2NO3S. The number of amides is 1. The molecule has 0 aliphatic rings. The van der Waals surface area contributed by atoms with Crippen LogP contribution in [0.15, 0.2) is 53.4 Å². The van der Waals surface area contributed by atoms with Gasteiger partial charge in [-0.05, 0) is 24.3 Å². The van der Waals surface area contributed by atoms with E-state index in [1.807, 2.05) is 0 Å². The minimum atomic E-state index is -0.689. The summed E-state index contributed by atoms with van der Waals surface area (Å²) in [6.45, 7) is -0.287. The van der Waals surface area contributed by atoms with Crippen LogP contribution >= 0.6 is 11.8 Å². The average Bonchev–Trinajstić information content (AvgIpc) is 2.58.